The Kier molecular flexibility index (Phi) is 3.81. The minimum absolute atomic E-state index is 0.133. The molecule has 3 aromatic rings. The fourth-order valence-electron chi connectivity index (χ4n) is 3.10. The molecule has 0 saturated carbocycles. The zero-order valence-electron chi connectivity index (χ0n) is 14.3. The Bertz CT molecular complexity index is 1160. The summed E-state index contributed by atoms with van der Waals surface area (Å²) in [5.41, 5.74) is 4.64. The molecule has 1 aliphatic rings. The highest BCUT2D eigenvalue weighted by Gasteiger charge is 2.42. The smallest absolute Gasteiger partial charge is 0.332 e. The van der Waals surface area contributed by atoms with E-state index in [1.165, 1.54) is 35.0 Å². The Morgan fingerprint density at radius 2 is 1.82 bits per heavy atom. The molecular formula is C18H14N6O4. The number of primary amides is 1. The largest absolute Gasteiger partial charge is 0.366 e. The van der Waals surface area contributed by atoms with Gasteiger partial charge in [-0.15, -0.1) is 0 Å². The van der Waals surface area contributed by atoms with Crippen LogP contribution in [0, 0.1) is 10.1 Å². The third kappa shape index (κ3) is 2.55. The first kappa shape index (κ1) is 17.2. The summed E-state index contributed by atoms with van der Waals surface area (Å²) in [5.74, 6) is -0.514. The van der Waals surface area contributed by atoms with Crippen LogP contribution in [0.15, 0.2) is 64.4 Å². The fourth-order valence-corrected chi connectivity index (χ4v) is 3.10. The van der Waals surface area contributed by atoms with Gasteiger partial charge < -0.3 is 16.0 Å². The summed E-state index contributed by atoms with van der Waals surface area (Å²) in [5, 5.41) is 13.8. The van der Waals surface area contributed by atoms with Crippen molar-refractivity contribution >= 4 is 23.6 Å². The number of hydrogen-bond donors (Lipinski definition) is 3. The van der Waals surface area contributed by atoms with Gasteiger partial charge in [0.15, 0.2) is 0 Å². The number of nitrogens with two attached hydrogens (primary N) is 1. The van der Waals surface area contributed by atoms with Crippen LogP contribution < -0.4 is 16.7 Å². The molecule has 4 N–H and O–H groups in total. The second-order valence-corrected chi connectivity index (χ2v) is 6.13. The van der Waals surface area contributed by atoms with Crippen molar-refractivity contribution in [1.29, 1.82) is 0 Å². The lowest BCUT2D eigenvalue weighted by atomic mass is 9.97. The summed E-state index contributed by atoms with van der Waals surface area (Å²) in [6.07, 6.45) is 1.35. The average molecular weight is 378 g/mol. The van der Waals surface area contributed by atoms with Gasteiger partial charge in [0.2, 0.25) is 5.66 Å². The number of hydrogen-bond acceptors (Lipinski definition) is 6. The zero-order valence-corrected chi connectivity index (χ0v) is 14.3. The molecule has 0 bridgehead atoms. The van der Waals surface area contributed by atoms with E-state index in [0.29, 0.717) is 22.8 Å². The van der Waals surface area contributed by atoms with Gasteiger partial charge in [0.1, 0.15) is 11.5 Å². The standard InChI is InChI=1S/C18H14N6O4/c19-16(25)18(11-6-8-13(9-7-11)24(27)28)20-10-14-15(22-18)23(17(26)21-14)12-4-2-1-3-5-12/h1-10,22H,(H2,19,25)(H,21,26). The fraction of sp³-hybridized carbons (Fsp3) is 0.0556. The maximum Gasteiger partial charge on any atom is 0.332 e. The molecule has 0 aliphatic carbocycles. The molecular weight excluding hydrogens is 364 g/mol. The van der Waals surface area contributed by atoms with Crippen LogP contribution in [-0.4, -0.2) is 26.6 Å². The number of carbonyl (C=O) groups is 1. The summed E-state index contributed by atoms with van der Waals surface area (Å²) >= 11 is 0. The summed E-state index contributed by atoms with van der Waals surface area (Å²) in [6, 6.07) is 14.1. The van der Waals surface area contributed by atoms with E-state index in [0.717, 1.165) is 0 Å². The topological polar surface area (TPSA) is 148 Å². The first-order chi connectivity index (χ1) is 13.4. The van der Waals surface area contributed by atoms with Gasteiger partial charge in [-0.25, -0.2) is 14.4 Å². The van der Waals surface area contributed by atoms with Gasteiger partial charge >= 0.3 is 5.69 Å². The van der Waals surface area contributed by atoms with Crippen molar-refractivity contribution < 1.29 is 9.72 Å². The second-order valence-electron chi connectivity index (χ2n) is 6.13. The van der Waals surface area contributed by atoms with Gasteiger partial charge in [0, 0.05) is 17.7 Å². The average Bonchev–Trinajstić information content (AvgIpc) is 3.03. The zero-order chi connectivity index (χ0) is 19.9. The number of aromatic amines is 1. The molecule has 2 heterocycles. The van der Waals surface area contributed by atoms with Crippen molar-refractivity contribution in [3.05, 3.63) is 86.5 Å². The van der Waals surface area contributed by atoms with Crippen LogP contribution in [0.5, 0.6) is 0 Å². The number of anilines is 1. The number of nitro groups is 1. The van der Waals surface area contributed by atoms with E-state index in [-0.39, 0.29) is 5.69 Å². The SMILES string of the molecule is NC(=O)C1(c2ccc([N+](=O)[O-])cc2)N=Cc2[nH]c(=O)n(-c3ccccc3)c2N1. The Labute approximate surface area is 157 Å². The predicted octanol–water partition coefficient (Wildman–Crippen LogP) is 1.26. The molecule has 140 valence electrons. The van der Waals surface area contributed by atoms with Crippen molar-refractivity contribution in [1.82, 2.24) is 9.55 Å². The normalized spacial score (nSPS) is 17.6. The molecule has 10 heteroatoms. The Morgan fingerprint density at radius 3 is 2.43 bits per heavy atom. The summed E-state index contributed by atoms with van der Waals surface area (Å²) in [4.78, 5) is 42.1. The number of nitrogens with one attached hydrogen (secondary N) is 2. The van der Waals surface area contributed by atoms with Gasteiger partial charge in [-0.1, -0.05) is 18.2 Å². The number of amides is 1. The number of rotatable bonds is 4. The van der Waals surface area contributed by atoms with E-state index in [2.05, 4.69) is 15.3 Å². The van der Waals surface area contributed by atoms with Crippen molar-refractivity contribution in [2.45, 2.75) is 5.66 Å². The van der Waals surface area contributed by atoms with Crippen LogP contribution in [0.1, 0.15) is 11.3 Å². The van der Waals surface area contributed by atoms with E-state index < -0.39 is 22.2 Å². The number of imidazole rings is 1. The van der Waals surface area contributed by atoms with Gasteiger partial charge in [0.05, 0.1) is 16.8 Å². The Balaban J connectivity index is 1.86. The molecule has 2 aromatic carbocycles. The van der Waals surface area contributed by atoms with Crippen molar-refractivity contribution in [3.63, 3.8) is 0 Å². The number of aromatic nitrogens is 2. The molecule has 1 aliphatic heterocycles. The maximum atomic E-state index is 12.5. The number of nitro benzene ring substituents is 1. The highest BCUT2D eigenvalue weighted by molar-refractivity contribution is 5.97. The molecule has 0 radical (unpaired) electrons. The minimum Gasteiger partial charge on any atom is -0.366 e. The molecule has 1 unspecified atom stereocenters. The molecule has 1 aromatic heterocycles. The third-order valence-electron chi connectivity index (χ3n) is 4.48. The molecule has 0 spiro atoms. The van der Waals surface area contributed by atoms with Crippen molar-refractivity contribution in [2.24, 2.45) is 10.7 Å². The van der Waals surface area contributed by atoms with Gasteiger partial charge in [-0.2, -0.15) is 0 Å². The highest BCUT2D eigenvalue weighted by Crippen LogP contribution is 2.33. The van der Waals surface area contributed by atoms with E-state index in [4.69, 9.17) is 5.73 Å². The highest BCUT2D eigenvalue weighted by atomic mass is 16.6. The van der Waals surface area contributed by atoms with Crippen LogP contribution in [-0.2, 0) is 10.5 Å². The second kappa shape index (κ2) is 6.20. The predicted molar refractivity (Wildman–Crippen MR) is 102 cm³/mol. The minimum atomic E-state index is -1.71. The van der Waals surface area contributed by atoms with E-state index in [1.54, 1.807) is 24.3 Å². The van der Waals surface area contributed by atoms with Gasteiger partial charge in [-0.05, 0) is 24.3 Å². The number of non-ortho nitro benzene ring substituents is 1. The number of fused-ring (bicyclic) bond motifs is 1. The Morgan fingerprint density at radius 1 is 1.14 bits per heavy atom. The number of benzene rings is 2. The number of carbonyl (C=O) groups excluding carboxylic acids is 1. The van der Waals surface area contributed by atoms with Crippen LogP contribution in [0.25, 0.3) is 5.69 Å². The first-order valence-corrected chi connectivity index (χ1v) is 8.21. The quantitative estimate of drug-likeness (QED) is 0.461. The summed E-state index contributed by atoms with van der Waals surface area (Å²) < 4.78 is 1.36. The molecule has 1 amide bonds. The lowest BCUT2D eigenvalue weighted by molar-refractivity contribution is -0.384. The lowest BCUT2D eigenvalue weighted by Crippen LogP contribution is -2.48. The molecule has 0 fully saturated rings. The number of H-pyrrole nitrogens is 1. The molecule has 28 heavy (non-hydrogen) atoms. The van der Waals surface area contributed by atoms with Crippen molar-refractivity contribution in [2.75, 3.05) is 5.32 Å². The number of aliphatic imine (C=N–C) groups is 1. The van der Waals surface area contributed by atoms with E-state index in [9.17, 15) is 19.7 Å². The van der Waals surface area contributed by atoms with E-state index >= 15 is 0 Å². The third-order valence-corrected chi connectivity index (χ3v) is 4.48. The molecule has 10 nitrogen and oxygen atoms in total. The van der Waals surface area contributed by atoms with Crippen LogP contribution in [0.4, 0.5) is 11.5 Å². The van der Waals surface area contributed by atoms with Crippen LogP contribution in [0.2, 0.25) is 0 Å². The monoisotopic (exact) mass is 378 g/mol. The first-order valence-electron chi connectivity index (χ1n) is 8.21. The maximum absolute atomic E-state index is 12.5. The van der Waals surface area contributed by atoms with Crippen LogP contribution >= 0.6 is 0 Å². The lowest BCUT2D eigenvalue weighted by Gasteiger charge is -2.31. The summed E-state index contributed by atoms with van der Waals surface area (Å²) in [7, 11) is 0. The van der Waals surface area contributed by atoms with Crippen molar-refractivity contribution in [3.8, 4) is 5.69 Å². The molecule has 4 rings (SSSR count). The van der Waals surface area contributed by atoms with Gasteiger partial charge in [-0.3, -0.25) is 14.9 Å². The number of para-hydroxylation sites is 1. The van der Waals surface area contributed by atoms with E-state index in [1.807, 2.05) is 6.07 Å². The molecule has 1 atom stereocenters. The molecule has 0 saturated heterocycles. The van der Waals surface area contributed by atoms with Crippen LogP contribution in [0.3, 0.4) is 0 Å². The number of nitrogens with zero attached hydrogens (tertiary/aromatic N) is 3. The summed E-state index contributed by atoms with van der Waals surface area (Å²) in [6.45, 7) is 0. The van der Waals surface area contributed by atoms with Gasteiger partial charge in [0.25, 0.3) is 11.6 Å². The Hall–Kier alpha value is -4.21.